The van der Waals surface area contributed by atoms with E-state index in [9.17, 15) is 8.78 Å². The Kier molecular flexibility index (Phi) is 4.35. The van der Waals surface area contributed by atoms with Gasteiger partial charge in [0.2, 0.25) is 0 Å². The molecule has 20 heavy (non-hydrogen) atoms. The molecule has 2 aromatic rings. The first-order chi connectivity index (χ1) is 9.47. The average molecular weight is 277 g/mol. The molecule has 0 saturated carbocycles. The molecule has 0 saturated heterocycles. The molecule has 0 aliphatic carbocycles. The van der Waals surface area contributed by atoms with Crippen LogP contribution in [0.5, 0.6) is 5.75 Å². The summed E-state index contributed by atoms with van der Waals surface area (Å²) in [6.07, 6.45) is 0. The van der Waals surface area contributed by atoms with Crippen molar-refractivity contribution in [1.82, 2.24) is 5.32 Å². The van der Waals surface area contributed by atoms with Gasteiger partial charge in [0.05, 0.1) is 0 Å². The number of benzene rings is 2. The van der Waals surface area contributed by atoms with Crippen LogP contribution in [0.3, 0.4) is 0 Å². The van der Waals surface area contributed by atoms with Gasteiger partial charge in [0.25, 0.3) is 0 Å². The number of aromatic hydroxyl groups is 1. The molecule has 4 heteroatoms. The van der Waals surface area contributed by atoms with E-state index in [0.29, 0.717) is 12.1 Å². The van der Waals surface area contributed by atoms with E-state index in [1.807, 2.05) is 32.0 Å². The zero-order valence-electron chi connectivity index (χ0n) is 11.5. The van der Waals surface area contributed by atoms with Crippen LogP contribution in [0.1, 0.15) is 29.7 Å². The Labute approximate surface area is 117 Å². The Morgan fingerprint density at radius 2 is 1.80 bits per heavy atom. The molecule has 106 valence electrons. The lowest BCUT2D eigenvalue weighted by Crippen LogP contribution is -2.18. The highest BCUT2D eigenvalue weighted by Gasteiger charge is 2.10. The SMILES string of the molecule is Cc1cccc([C@H](C)NCc2cc(F)c(O)c(F)c2)c1. The first kappa shape index (κ1) is 14.5. The summed E-state index contributed by atoms with van der Waals surface area (Å²) in [6.45, 7) is 4.33. The smallest absolute Gasteiger partial charge is 0.187 e. The lowest BCUT2D eigenvalue weighted by molar-refractivity contribution is 0.394. The largest absolute Gasteiger partial charge is 0.503 e. The Hall–Kier alpha value is -1.94. The van der Waals surface area contributed by atoms with E-state index in [-0.39, 0.29) is 6.04 Å². The van der Waals surface area contributed by atoms with Crippen molar-refractivity contribution in [3.8, 4) is 5.75 Å². The minimum atomic E-state index is -0.940. The summed E-state index contributed by atoms with van der Waals surface area (Å²) < 4.78 is 26.4. The van der Waals surface area contributed by atoms with Crippen LogP contribution in [0.2, 0.25) is 0 Å². The van der Waals surface area contributed by atoms with Gasteiger partial charge in [-0.2, -0.15) is 0 Å². The first-order valence-corrected chi connectivity index (χ1v) is 6.44. The summed E-state index contributed by atoms with van der Waals surface area (Å²) in [5.41, 5.74) is 2.74. The number of rotatable bonds is 4. The molecule has 0 aliphatic rings. The van der Waals surface area contributed by atoms with Crippen LogP contribution in [-0.4, -0.2) is 5.11 Å². The normalized spacial score (nSPS) is 12.4. The third-order valence-electron chi connectivity index (χ3n) is 3.23. The Morgan fingerprint density at radius 1 is 1.15 bits per heavy atom. The van der Waals surface area contributed by atoms with Gasteiger partial charge in [0.1, 0.15) is 0 Å². The number of halogens is 2. The van der Waals surface area contributed by atoms with Gasteiger partial charge in [0.15, 0.2) is 17.4 Å². The van der Waals surface area contributed by atoms with Crippen molar-refractivity contribution in [2.45, 2.75) is 26.4 Å². The molecule has 0 aliphatic heterocycles. The van der Waals surface area contributed by atoms with Gasteiger partial charge in [-0.15, -0.1) is 0 Å². The first-order valence-electron chi connectivity index (χ1n) is 6.44. The second kappa shape index (κ2) is 6.01. The van der Waals surface area contributed by atoms with Crippen LogP contribution in [0, 0.1) is 18.6 Å². The fourth-order valence-corrected chi connectivity index (χ4v) is 2.05. The molecule has 0 unspecified atom stereocenters. The Bertz CT molecular complexity index is 590. The van der Waals surface area contributed by atoms with Gasteiger partial charge in [-0.05, 0) is 37.1 Å². The van der Waals surface area contributed by atoms with Gasteiger partial charge in [-0.25, -0.2) is 8.78 Å². The van der Waals surface area contributed by atoms with Crippen molar-refractivity contribution in [3.63, 3.8) is 0 Å². The summed E-state index contributed by atoms with van der Waals surface area (Å²) in [6, 6.07) is 10.4. The zero-order chi connectivity index (χ0) is 14.7. The van der Waals surface area contributed by atoms with E-state index in [1.165, 1.54) is 0 Å². The highest BCUT2D eigenvalue weighted by Crippen LogP contribution is 2.22. The number of aryl methyl sites for hydroxylation is 1. The van der Waals surface area contributed by atoms with Crippen molar-refractivity contribution in [2.75, 3.05) is 0 Å². The van der Waals surface area contributed by atoms with Crippen LogP contribution >= 0.6 is 0 Å². The molecule has 0 spiro atoms. The van der Waals surface area contributed by atoms with Crippen molar-refractivity contribution in [2.24, 2.45) is 0 Å². The average Bonchev–Trinajstić information content (AvgIpc) is 2.42. The quantitative estimate of drug-likeness (QED) is 0.890. The molecule has 0 radical (unpaired) electrons. The predicted octanol–water partition coefficient (Wildman–Crippen LogP) is 3.83. The van der Waals surface area contributed by atoms with Gasteiger partial charge in [-0.1, -0.05) is 29.8 Å². The molecule has 0 amide bonds. The minimum absolute atomic E-state index is 0.0647. The number of nitrogens with one attached hydrogen (secondary N) is 1. The van der Waals surface area contributed by atoms with Gasteiger partial charge in [0, 0.05) is 12.6 Å². The summed E-state index contributed by atoms with van der Waals surface area (Å²) >= 11 is 0. The summed E-state index contributed by atoms with van der Waals surface area (Å²) in [7, 11) is 0. The van der Waals surface area contributed by atoms with Gasteiger partial charge in [-0.3, -0.25) is 0 Å². The minimum Gasteiger partial charge on any atom is -0.503 e. The molecule has 2 aromatic carbocycles. The lowest BCUT2D eigenvalue weighted by Gasteiger charge is -2.15. The molecule has 2 nitrogen and oxygen atoms in total. The maximum absolute atomic E-state index is 13.2. The predicted molar refractivity (Wildman–Crippen MR) is 74.5 cm³/mol. The monoisotopic (exact) mass is 277 g/mol. The Morgan fingerprint density at radius 3 is 2.40 bits per heavy atom. The van der Waals surface area contributed by atoms with E-state index < -0.39 is 17.4 Å². The van der Waals surface area contributed by atoms with E-state index in [1.54, 1.807) is 0 Å². The Balaban J connectivity index is 2.05. The third kappa shape index (κ3) is 3.33. The zero-order valence-corrected chi connectivity index (χ0v) is 11.5. The number of phenols is 1. The second-order valence-electron chi connectivity index (χ2n) is 4.92. The van der Waals surface area contributed by atoms with Crippen molar-refractivity contribution < 1.29 is 13.9 Å². The highest BCUT2D eigenvalue weighted by molar-refractivity contribution is 5.30. The molecule has 2 N–H and O–H groups in total. The number of phenolic OH excluding ortho intramolecular Hbond substituents is 1. The van der Waals surface area contributed by atoms with E-state index in [0.717, 1.165) is 23.3 Å². The molecular formula is C16H17F2NO. The molecule has 2 rings (SSSR count). The van der Waals surface area contributed by atoms with E-state index in [4.69, 9.17) is 5.11 Å². The fraction of sp³-hybridized carbons (Fsp3) is 0.250. The van der Waals surface area contributed by atoms with Crippen LogP contribution in [0.25, 0.3) is 0 Å². The summed E-state index contributed by atoms with van der Waals surface area (Å²) in [5.74, 6) is -2.81. The van der Waals surface area contributed by atoms with Crippen molar-refractivity contribution in [3.05, 3.63) is 64.7 Å². The molecule has 0 fully saturated rings. The standard InChI is InChI=1S/C16H17F2NO/c1-10-4-3-5-13(6-10)11(2)19-9-12-7-14(17)16(20)15(18)8-12/h3-8,11,19-20H,9H2,1-2H3/t11-/m0/s1. The van der Waals surface area contributed by atoms with Crippen LogP contribution < -0.4 is 5.32 Å². The summed E-state index contributed by atoms with van der Waals surface area (Å²) in [4.78, 5) is 0. The highest BCUT2D eigenvalue weighted by atomic mass is 19.1. The van der Waals surface area contributed by atoms with E-state index >= 15 is 0 Å². The van der Waals surface area contributed by atoms with E-state index in [2.05, 4.69) is 11.4 Å². The second-order valence-corrected chi connectivity index (χ2v) is 4.92. The van der Waals surface area contributed by atoms with Crippen molar-refractivity contribution in [1.29, 1.82) is 0 Å². The van der Waals surface area contributed by atoms with Gasteiger partial charge < -0.3 is 10.4 Å². The fourth-order valence-electron chi connectivity index (χ4n) is 2.05. The molecule has 1 atom stereocenters. The molecule has 0 bridgehead atoms. The van der Waals surface area contributed by atoms with Crippen LogP contribution in [-0.2, 0) is 6.54 Å². The van der Waals surface area contributed by atoms with Crippen LogP contribution in [0.15, 0.2) is 36.4 Å². The molecular weight excluding hydrogens is 260 g/mol. The number of hydrogen-bond acceptors (Lipinski definition) is 2. The lowest BCUT2D eigenvalue weighted by atomic mass is 10.1. The topological polar surface area (TPSA) is 32.3 Å². The molecule has 0 aromatic heterocycles. The summed E-state index contributed by atoms with van der Waals surface area (Å²) in [5, 5.41) is 12.2. The van der Waals surface area contributed by atoms with Crippen molar-refractivity contribution >= 4 is 0 Å². The maximum atomic E-state index is 13.2. The maximum Gasteiger partial charge on any atom is 0.187 e. The number of hydrogen-bond donors (Lipinski definition) is 2. The third-order valence-corrected chi connectivity index (χ3v) is 3.23. The molecule has 0 heterocycles. The van der Waals surface area contributed by atoms with Gasteiger partial charge >= 0.3 is 0 Å². The van der Waals surface area contributed by atoms with Crippen LogP contribution in [0.4, 0.5) is 8.78 Å².